The van der Waals surface area contributed by atoms with Crippen molar-refractivity contribution in [2.45, 2.75) is 0 Å². The molecule has 0 atom stereocenters. The molecule has 3 N–H and O–H groups in total. The maximum atomic E-state index is 11.0. The first-order chi connectivity index (χ1) is 7.89. The van der Waals surface area contributed by atoms with Crippen LogP contribution in [0.3, 0.4) is 0 Å². The number of halogens is 1. The standard InChI is InChI=1S/C9H8ClN2O4P/c10-6-1-3-7(4-2-6)12-9(13)8(5-11-12)17(14,15)16/h1-5,13H,(H2,14,15,16). The molecule has 0 fully saturated rings. The summed E-state index contributed by atoms with van der Waals surface area (Å²) in [4.78, 5) is 17.9. The van der Waals surface area contributed by atoms with E-state index in [0.717, 1.165) is 10.9 Å². The number of hydrogen-bond acceptors (Lipinski definition) is 3. The van der Waals surface area contributed by atoms with Crippen molar-refractivity contribution in [1.29, 1.82) is 0 Å². The first kappa shape index (κ1) is 12.1. The predicted molar refractivity (Wildman–Crippen MR) is 61.9 cm³/mol. The van der Waals surface area contributed by atoms with E-state index in [1.165, 1.54) is 0 Å². The predicted octanol–water partition coefficient (Wildman–Crippen LogP) is 1.03. The molecule has 0 aliphatic heterocycles. The normalized spacial score (nSPS) is 11.7. The zero-order valence-corrected chi connectivity index (χ0v) is 10.0. The summed E-state index contributed by atoms with van der Waals surface area (Å²) in [7, 11) is -4.52. The molecule has 0 saturated carbocycles. The Kier molecular flexibility index (Phi) is 2.97. The Hall–Kier alpha value is -1.33. The molecule has 1 aromatic heterocycles. The molecule has 0 aliphatic carbocycles. The fourth-order valence-corrected chi connectivity index (χ4v) is 1.99. The zero-order valence-electron chi connectivity index (χ0n) is 8.36. The van der Waals surface area contributed by atoms with Gasteiger partial charge in [0.15, 0.2) is 0 Å². The molecule has 0 amide bonds. The molecule has 17 heavy (non-hydrogen) atoms. The van der Waals surface area contributed by atoms with Gasteiger partial charge >= 0.3 is 7.60 Å². The highest BCUT2D eigenvalue weighted by Gasteiger charge is 2.26. The van der Waals surface area contributed by atoms with Crippen LogP contribution in [0.2, 0.25) is 5.02 Å². The van der Waals surface area contributed by atoms with Gasteiger partial charge in [-0.05, 0) is 24.3 Å². The summed E-state index contributed by atoms with van der Waals surface area (Å²) in [6, 6.07) is 6.29. The number of aromatic hydroxyl groups is 1. The lowest BCUT2D eigenvalue weighted by Gasteiger charge is -2.04. The van der Waals surface area contributed by atoms with Gasteiger partial charge in [-0.3, -0.25) is 4.57 Å². The fraction of sp³-hybridized carbons (Fsp3) is 0. The van der Waals surface area contributed by atoms with Crippen molar-refractivity contribution in [3.63, 3.8) is 0 Å². The minimum Gasteiger partial charge on any atom is -0.493 e. The van der Waals surface area contributed by atoms with Crippen LogP contribution in [0.4, 0.5) is 0 Å². The average molecular weight is 275 g/mol. The monoisotopic (exact) mass is 274 g/mol. The summed E-state index contributed by atoms with van der Waals surface area (Å²) in [6.07, 6.45) is 0.935. The van der Waals surface area contributed by atoms with Crippen molar-refractivity contribution in [2.24, 2.45) is 0 Å². The Labute approximate surface area is 101 Å². The van der Waals surface area contributed by atoms with E-state index in [1.807, 2.05) is 0 Å². The van der Waals surface area contributed by atoms with Crippen LogP contribution in [-0.2, 0) is 4.57 Å². The average Bonchev–Trinajstić information content (AvgIpc) is 2.61. The highest BCUT2D eigenvalue weighted by atomic mass is 35.5. The van der Waals surface area contributed by atoms with Crippen LogP contribution in [-0.4, -0.2) is 24.7 Å². The molecule has 6 nitrogen and oxygen atoms in total. The minimum absolute atomic E-state index is 0.451. The molecule has 1 heterocycles. The molecule has 0 saturated heterocycles. The summed E-state index contributed by atoms with van der Waals surface area (Å²) in [6.45, 7) is 0. The van der Waals surface area contributed by atoms with E-state index in [4.69, 9.17) is 21.4 Å². The second-order valence-electron chi connectivity index (χ2n) is 3.29. The molecule has 8 heteroatoms. The van der Waals surface area contributed by atoms with Crippen LogP contribution in [0.25, 0.3) is 5.69 Å². The Morgan fingerprint density at radius 3 is 2.29 bits per heavy atom. The molecule has 0 spiro atoms. The molecule has 90 valence electrons. The van der Waals surface area contributed by atoms with Gasteiger partial charge in [0.05, 0.1) is 11.9 Å². The van der Waals surface area contributed by atoms with Crippen molar-refractivity contribution < 1.29 is 19.5 Å². The van der Waals surface area contributed by atoms with Gasteiger partial charge in [0.1, 0.15) is 5.30 Å². The molecule has 0 bridgehead atoms. The largest absolute Gasteiger partial charge is 0.493 e. The third kappa shape index (κ3) is 2.35. The van der Waals surface area contributed by atoms with Gasteiger partial charge in [0.2, 0.25) is 5.88 Å². The van der Waals surface area contributed by atoms with Gasteiger partial charge < -0.3 is 14.9 Å². The summed E-state index contributed by atoms with van der Waals surface area (Å²) < 4.78 is 12.0. The Morgan fingerprint density at radius 2 is 1.82 bits per heavy atom. The van der Waals surface area contributed by atoms with Crippen LogP contribution in [0.15, 0.2) is 30.5 Å². The van der Waals surface area contributed by atoms with E-state index in [9.17, 15) is 9.67 Å². The SMILES string of the molecule is O=P(O)(O)c1cnn(-c2ccc(Cl)cc2)c1O. The maximum absolute atomic E-state index is 11.0. The lowest BCUT2D eigenvalue weighted by molar-refractivity contribution is 0.383. The number of rotatable bonds is 2. The highest BCUT2D eigenvalue weighted by Crippen LogP contribution is 2.37. The van der Waals surface area contributed by atoms with E-state index >= 15 is 0 Å². The second-order valence-corrected chi connectivity index (χ2v) is 5.29. The molecule has 2 aromatic rings. The van der Waals surface area contributed by atoms with E-state index < -0.39 is 18.8 Å². The van der Waals surface area contributed by atoms with Crippen LogP contribution < -0.4 is 5.30 Å². The number of benzene rings is 1. The van der Waals surface area contributed by atoms with Gasteiger partial charge in [-0.2, -0.15) is 5.10 Å². The molecular weight excluding hydrogens is 267 g/mol. The van der Waals surface area contributed by atoms with E-state index in [0.29, 0.717) is 10.7 Å². The summed E-state index contributed by atoms with van der Waals surface area (Å²) in [5.41, 5.74) is 0.451. The molecule has 0 radical (unpaired) electrons. The summed E-state index contributed by atoms with van der Waals surface area (Å²) >= 11 is 5.70. The molecular formula is C9H8ClN2O4P. The minimum atomic E-state index is -4.52. The van der Waals surface area contributed by atoms with Crippen molar-refractivity contribution in [3.05, 3.63) is 35.5 Å². The molecule has 0 unspecified atom stereocenters. The van der Waals surface area contributed by atoms with E-state index in [2.05, 4.69) is 5.10 Å². The van der Waals surface area contributed by atoms with Gasteiger partial charge in [-0.25, -0.2) is 4.68 Å². The van der Waals surface area contributed by atoms with Crippen LogP contribution in [0.5, 0.6) is 5.88 Å². The van der Waals surface area contributed by atoms with Crippen molar-refractivity contribution in [3.8, 4) is 11.6 Å². The van der Waals surface area contributed by atoms with Gasteiger partial charge in [0, 0.05) is 5.02 Å². The summed E-state index contributed by atoms with van der Waals surface area (Å²) in [5, 5.41) is 13.4. The molecule has 1 aromatic carbocycles. The van der Waals surface area contributed by atoms with Crippen molar-refractivity contribution >= 4 is 24.5 Å². The number of hydrogen-bond donors (Lipinski definition) is 3. The smallest absolute Gasteiger partial charge is 0.363 e. The van der Waals surface area contributed by atoms with Gasteiger partial charge in [-0.15, -0.1) is 0 Å². The van der Waals surface area contributed by atoms with E-state index in [1.54, 1.807) is 24.3 Å². The lowest BCUT2D eigenvalue weighted by atomic mass is 10.3. The van der Waals surface area contributed by atoms with Crippen LogP contribution in [0.1, 0.15) is 0 Å². The summed E-state index contributed by atoms with van der Waals surface area (Å²) in [5.74, 6) is -0.583. The maximum Gasteiger partial charge on any atom is 0.363 e. The number of nitrogens with zero attached hydrogens (tertiary/aromatic N) is 2. The van der Waals surface area contributed by atoms with Crippen LogP contribution >= 0.6 is 19.2 Å². The Bertz CT molecular complexity index is 590. The first-order valence-electron chi connectivity index (χ1n) is 4.48. The Morgan fingerprint density at radius 1 is 1.24 bits per heavy atom. The van der Waals surface area contributed by atoms with Crippen molar-refractivity contribution in [2.75, 3.05) is 0 Å². The number of aromatic nitrogens is 2. The zero-order chi connectivity index (χ0) is 12.6. The topological polar surface area (TPSA) is 95.6 Å². The van der Waals surface area contributed by atoms with Crippen LogP contribution in [0, 0.1) is 0 Å². The van der Waals surface area contributed by atoms with Gasteiger partial charge in [0.25, 0.3) is 0 Å². The quantitative estimate of drug-likeness (QED) is 0.711. The van der Waals surface area contributed by atoms with E-state index in [-0.39, 0.29) is 0 Å². The lowest BCUT2D eigenvalue weighted by Crippen LogP contribution is -2.03. The fourth-order valence-electron chi connectivity index (χ4n) is 1.31. The van der Waals surface area contributed by atoms with Gasteiger partial charge in [-0.1, -0.05) is 11.6 Å². The first-order valence-corrected chi connectivity index (χ1v) is 6.47. The third-order valence-electron chi connectivity index (χ3n) is 2.11. The van der Waals surface area contributed by atoms with Crippen molar-refractivity contribution in [1.82, 2.24) is 9.78 Å². The molecule has 0 aliphatic rings. The third-order valence-corrected chi connectivity index (χ3v) is 3.31. The highest BCUT2D eigenvalue weighted by molar-refractivity contribution is 7.60. The Balaban J connectivity index is 2.52. The second kappa shape index (κ2) is 4.16. The molecule has 2 rings (SSSR count).